The van der Waals surface area contributed by atoms with E-state index >= 15 is 0 Å². The van der Waals surface area contributed by atoms with Crippen LogP contribution in [0, 0.1) is 11.7 Å². The Kier molecular flexibility index (Phi) is 2.65. The summed E-state index contributed by atoms with van der Waals surface area (Å²) in [6.45, 7) is 2.18. The SMILES string of the molecule is Fc1ccc(-c2ncc(CC3CNC3)[nH]2)cc1. The molecule has 1 saturated heterocycles. The topological polar surface area (TPSA) is 40.7 Å². The first-order chi connectivity index (χ1) is 8.31. The quantitative estimate of drug-likeness (QED) is 0.848. The summed E-state index contributed by atoms with van der Waals surface area (Å²) in [6, 6.07) is 6.38. The molecule has 2 N–H and O–H groups in total. The summed E-state index contributed by atoms with van der Waals surface area (Å²) in [5.74, 6) is 1.31. The van der Waals surface area contributed by atoms with E-state index in [0.29, 0.717) is 0 Å². The van der Waals surface area contributed by atoms with Crippen LogP contribution in [0.2, 0.25) is 0 Å². The van der Waals surface area contributed by atoms with Crippen LogP contribution in [0.3, 0.4) is 0 Å². The van der Waals surface area contributed by atoms with Crippen molar-refractivity contribution in [2.24, 2.45) is 5.92 Å². The fourth-order valence-corrected chi connectivity index (χ4v) is 2.02. The summed E-state index contributed by atoms with van der Waals surface area (Å²) in [5.41, 5.74) is 2.07. The van der Waals surface area contributed by atoms with E-state index in [2.05, 4.69) is 15.3 Å². The zero-order chi connectivity index (χ0) is 11.7. The summed E-state index contributed by atoms with van der Waals surface area (Å²) in [4.78, 5) is 7.62. The molecule has 1 aliphatic rings. The Morgan fingerprint density at radius 2 is 2.00 bits per heavy atom. The van der Waals surface area contributed by atoms with Crippen LogP contribution < -0.4 is 5.32 Å². The van der Waals surface area contributed by atoms with Crippen molar-refractivity contribution in [3.05, 3.63) is 42.0 Å². The smallest absolute Gasteiger partial charge is 0.137 e. The number of halogens is 1. The van der Waals surface area contributed by atoms with Gasteiger partial charge < -0.3 is 10.3 Å². The van der Waals surface area contributed by atoms with Crippen LogP contribution in [0.25, 0.3) is 11.4 Å². The summed E-state index contributed by atoms with van der Waals surface area (Å²) in [7, 11) is 0. The number of benzene rings is 1. The van der Waals surface area contributed by atoms with Crippen LogP contribution >= 0.6 is 0 Å². The maximum absolute atomic E-state index is 12.8. The molecule has 0 saturated carbocycles. The predicted molar refractivity (Wildman–Crippen MR) is 64.0 cm³/mol. The zero-order valence-electron chi connectivity index (χ0n) is 9.41. The van der Waals surface area contributed by atoms with Gasteiger partial charge in [-0.2, -0.15) is 0 Å². The number of imidazole rings is 1. The van der Waals surface area contributed by atoms with E-state index in [9.17, 15) is 4.39 Å². The highest BCUT2D eigenvalue weighted by molar-refractivity contribution is 5.54. The first-order valence-corrected chi connectivity index (χ1v) is 5.82. The third-order valence-electron chi connectivity index (χ3n) is 3.12. The van der Waals surface area contributed by atoms with Crippen molar-refractivity contribution in [1.82, 2.24) is 15.3 Å². The molecule has 2 aromatic rings. The minimum absolute atomic E-state index is 0.221. The number of aromatic nitrogens is 2. The Bertz CT molecular complexity index is 500. The van der Waals surface area contributed by atoms with Gasteiger partial charge in [-0.25, -0.2) is 9.37 Å². The average Bonchev–Trinajstić information content (AvgIpc) is 2.73. The molecule has 4 heteroatoms. The zero-order valence-corrected chi connectivity index (χ0v) is 9.41. The molecule has 0 unspecified atom stereocenters. The molecule has 3 nitrogen and oxygen atoms in total. The van der Waals surface area contributed by atoms with Crippen LogP contribution in [0.5, 0.6) is 0 Å². The van der Waals surface area contributed by atoms with Crippen LogP contribution in [0.1, 0.15) is 5.69 Å². The molecule has 1 fully saturated rings. The van der Waals surface area contributed by atoms with E-state index in [1.807, 2.05) is 6.20 Å². The largest absolute Gasteiger partial charge is 0.342 e. The molecule has 2 heterocycles. The van der Waals surface area contributed by atoms with Gasteiger partial charge in [0.05, 0.1) is 0 Å². The number of rotatable bonds is 3. The number of H-pyrrole nitrogens is 1. The van der Waals surface area contributed by atoms with Crippen LogP contribution in [-0.4, -0.2) is 23.1 Å². The van der Waals surface area contributed by atoms with Gasteiger partial charge in [0.2, 0.25) is 0 Å². The lowest BCUT2D eigenvalue weighted by Crippen LogP contribution is -2.43. The van der Waals surface area contributed by atoms with E-state index < -0.39 is 0 Å². The van der Waals surface area contributed by atoms with Gasteiger partial charge in [0.1, 0.15) is 11.6 Å². The van der Waals surface area contributed by atoms with Gasteiger partial charge in [0.15, 0.2) is 0 Å². The fourth-order valence-electron chi connectivity index (χ4n) is 2.02. The molecule has 3 rings (SSSR count). The molecule has 0 radical (unpaired) electrons. The third kappa shape index (κ3) is 2.22. The van der Waals surface area contributed by atoms with Gasteiger partial charge in [-0.3, -0.25) is 0 Å². The number of hydrogen-bond donors (Lipinski definition) is 2. The number of hydrogen-bond acceptors (Lipinski definition) is 2. The lowest BCUT2D eigenvalue weighted by atomic mass is 9.98. The highest BCUT2D eigenvalue weighted by Crippen LogP contribution is 2.18. The molecule has 0 bridgehead atoms. The summed E-state index contributed by atoms with van der Waals surface area (Å²) in [6.07, 6.45) is 2.90. The van der Waals surface area contributed by atoms with Crippen molar-refractivity contribution in [3.63, 3.8) is 0 Å². The minimum Gasteiger partial charge on any atom is -0.342 e. The van der Waals surface area contributed by atoms with Gasteiger partial charge in [-0.15, -0.1) is 0 Å². The van der Waals surface area contributed by atoms with Crippen molar-refractivity contribution in [2.75, 3.05) is 13.1 Å². The maximum atomic E-state index is 12.8. The van der Waals surface area contributed by atoms with Crippen molar-refractivity contribution in [3.8, 4) is 11.4 Å². The van der Waals surface area contributed by atoms with Gasteiger partial charge >= 0.3 is 0 Å². The second-order valence-corrected chi connectivity index (χ2v) is 4.49. The minimum atomic E-state index is -0.221. The normalized spacial score (nSPS) is 15.8. The summed E-state index contributed by atoms with van der Waals surface area (Å²) in [5, 5.41) is 3.25. The lowest BCUT2D eigenvalue weighted by molar-refractivity contribution is 0.344. The van der Waals surface area contributed by atoms with Crippen LogP contribution in [0.15, 0.2) is 30.5 Å². The Morgan fingerprint density at radius 1 is 1.24 bits per heavy atom. The highest BCUT2D eigenvalue weighted by Gasteiger charge is 2.18. The Balaban J connectivity index is 1.76. The molecular weight excluding hydrogens is 217 g/mol. The van der Waals surface area contributed by atoms with Gasteiger partial charge in [0, 0.05) is 17.5 Å². The Hall–Kier alpha value is -1.68. The molecule has 88 valence electrons. The standard InChI is InChI=1S/C13H14FN3/c14-11-3-1-10(2-4-11)13-16-8-12(17-13)5-9-6-15-7-9/h1-4,8-9,15H,5-7H2,(H,16,17). The number of aromatic amines is 1. The molecule has 0 aliphatic carbocycles. The predicted octanol–water partition coefficient (Wildman–Crippen LogP) is 1.98. The van der Waals surface area contributed by atoms with Crippen molar-refractivity contribution in [1.29, 1.82) is 0 Å². The number of nitrogens with zero attached hydrogens (tertiary/aromatic N) is 1. The fraction of sp³-hybridized carbons (Fsp3) is 0.308. The molecule has 1 aliphatic heterocycles. The average molecular weight is 231 g/mol. The number of nitrogens with one attached hydrogen (secondary N) is 2. The molecule has 0 atom stereocenters. The van der Waals surface area contributed by atoms with Crippen molar-refractivity contribution >= 4 is 0 Å². The first-order valence-electron chi connectivity index (χ1n) is 5.82. The summed E-state index contributed by atoms with van der Waals surface area (Å²) < 4.78 is 12.8. The van der Waals surface area contributed by atoms with Gasteiger partial charge in [-0.05, 0) is 49.7 Å². The Labute approximate surface area is 99.1 Å². The molecule has 1 aromatic heterocycles. The van der Waals surface area contributed by atoms with E-state index in [1.54, 1.807) is 12.1 Å². The van der Waals surface area contributed by atoms with Crippen LogP contribution in [0.4, 0.5) is 4.39 Å². The molecule has 1 aromatic carbocycles. The maximum Gasteiger partial charge on any atom is 0.137 e. The second kappa shape index (κ2) is 4.30. The molecular formula is C13H14FN3. The molecule has 17 heavy (non-hydrogen) atoms. The van der Waals surface area contributed by atoms with Gasteiger partial charge in [-0.1, -0.05) is 0 Å². The van der Waals surface area contributed by atoms with E-state index in [1.165, 1.54) is 12.1 Å². The monoisotopic (exact) mass is 231 g/mol. The van der Waals surface area contributed by atoms with Crippen molar-refractivity contribution in [2.45, 2.75) is 6.42 Å². The van der Waals surface area contributed by atoms with E-state index in [-0.39, 0.29) is 5.82 Å². The molecule has 0 spiro atoms. The molecule has 0 amide bonds. The van der Waals surface area contributed by atoms with Crippen molar-refractivity contribution < 1.29 is 4.39 Å². The lowest BCUT2D eigenvalue weighted by Gasteiger charge is -2.26. The highest BCUT2D eigenvalue weighted by atomic mass is 19.1. The van der Waals surface area contributed by atoms with E-state index in [0.717, 1.165) is 42.5 Å². The Morgan fingerprint density at radius 3 is 2.65 bits per heavy atom. The van der Waals surface area contributed by atoms with Crippen LogP contribution in [-0.2, 0) is 6.42 Å². The summed E-state index contributed by atoms with van der Waals surface area (Å²) >= 11 is 0. The third-order valence-corrected chi connectivity index (χ3v) is 3.12. The van der Waals surface area contributed by atoms with E-state index in [4.69, 9.17) is 0 Å². The van der Waals surface area contributed by atoms with Gasteiger partial charge in [0.25, 0.3) is 0 Å². The second-order valence-electron chi connectivity index (χ2n) is 4.49. The first kappa shape index (κ1) is 10.5.